The van der Waals surface area contributed by atoms with E-state index in [1.165, 1.54) is 11.3 Å². The van der Waals surface area contributed by atoms with Gasteiger partial charge in [0.05, 0.1) is 10.1 Å². The molecule has 3 rings (SSSR count). The molecule has 0 saturated heterocycles. The number of thiophene rings is 1. The fourth-order valence-electron chi connectivity index (χ4n) is 2.49. The van der Waals surface area contributed by atoms with Gasteiger partial charge in [-0.15, -0.1) is 11.3 Å². The molecule has 0 fully saturated rings. The number of carbonyl (C=O) groups is 1. The van der Waals surface area contributed by atoms with Gasteiger partial charge in [-0.05, 0) is 55.5 Å². The lowest BCUT2D eigenvalue weighted by Gasteiger charge is -2.17. The van der Waals surface area contributed by atoms with E-state index in [2.05, 4.69) is 4.72 Å². The number of rotatable bonds is 4. The third kappa shape index (κ3) is 3.11. The molecule has 2 heterocycles. The van der Waals surface area contributed by atoms with Crippen molar-refractivity contribution in [3.63, 3.8) is 0 Å². The predicted molar refractivity (Wildman–Crippen MR) is 93.8 cm³/mol. The average Bonchev–Trinajstić information content (AvgIpc) is 3.15. The lowest BCUT2D eigenvalue weighted by Crippen LogP contribution is -2.28. The van der Waals surface area contributed by atoms with E-state index in [0.29, 0.717) is 17.1 Å². The van der Waals surface area contributed by atoms with Gasteiger partial charge in [-0.2, -0.15) is 0 Å². The fourth-order valence-corrected chi connectivity index (χ4v) is 3.85. The van der Waals surface area contributed by atoms with Gasteiger partial charge in [-0.3, -0.25) is 9.52 Å². The second-order valence-corrected chi connectivity index (χ2v) is 8.91. The first kappa shape index (κ1) is 16.0. The van der Waals surface area contributed by atoms with Crippen LogP contribution in [0.3, 0.4) is 0 Å². The van der Waals surface area contributed by atoms with Crippen molar-refractivity contribution in [2.45, 2.75) is 25.5 Å². The van der Waals surface area contributed by atoms with Crippen molar-refractivity contribution < 1.29 is 13.2 Å². The van der Waals surface area contributed by atoms with Crippen LogP contribution in [0.2, 0.25) is 0 Å². The van der Waals surface area contributed by atoms with Gasteiger partial charge in [0.1, 0.15) is 0 Å². The average molecular weight is 350 g/mol. The Morgan fingerprint density at radius 1 is 1.30 bits per heavy atom. The lowest BCUT2D eigenvalue weighted by molar-refractivity contribution is 0.0993. The summed E-state index contributed by atoms with van der Waals surface area (Å²) in [5.74, 6) is -0.00531. The minimum absolute atomic E-state index is 0.00531. The summed E-state index contributed by atoms with van der Waals surface area (Å²) in [7, 11) is -3.36. The maximum atomic E-state index is 12.5. The molecule has 0 saturated carbocycles. The van der Waals surface area contributed by atoms with Gasteiger partial charge in [-0.1, -0.05) is 6.07 Å². The molecule has 23 heavy (non-hydrogen) atoms. The topological polar surface area (TPSA) is 66.5 Å². The van der Waals surface area contributed by atoms with Crippen LogP contribution in [-0.2, 0) is 16.4 Å². The molecule has 0 spiro atoms. The summed E-state index contributed by atoms with van der Waals surface area (Å²) in [6, 6.07) is 9.01. The number of nitrogens with zero attached hydrogens (tertiary/aromatic N) is 1. The minimum Gasteiger partial charge on any atom is -0.307 e. The van der Waals surface area contributed by atoms with Crippen molar-refractivity contribution in [3.05, 3.63) is 46.2 Å². The van der Waals surface area contributed by atoms with Crippen LogP contribution in [0.15, 0.2) is 35.7 Å². The van der Waals surface area contributed by atoms with Crippen molar-refractivity contribution in [3.8, 4) is 0 Å². The van der Waals surface area contributed by atoms with Gasteiger partial charge in [0, 0.05) is 17.9 Å². The van der Waals surface area contributed by atoms with Gasteiger partial charge >= 0.3 is 0 Å². The SMILES string of the molecule is CC(C)S(=O)(=O)Nc1ccc2c(c1)CCN2C(=O)c1cccs1. The van der Waals surface area contributed by atoms with Gasteiger partial charge in [-0.25, -0.2) is 8.42 Å². The molecule has 0 radical (unpaired) electrons. The lowest BCUT2D eigenvalue weighted by atomic mass is 10.1. The molecular formula is C16H18N2O3S2. The number of carbonyl (C=O) groups excluding carboxylic acids is 1. The summed E-state index contributed by atoms with van der Waals surface area (Å²) in [5, 5.41) is 1.39. The zero-order valence-electron chi connectivity index (χ0n) is 12.9. The number of anilines is 2. The number of nitrogens with one attached hydrogen (secondary N) is 1. The molecule has 1 amide bonds. The van der Waals surface area contributed by atoms with Crippen molar-refractivity contribution in [1.82, 2.24) is 0 Å². The van der Waals surface area contributed by atoms with Gasteiger partial charge in [0.2, 0.25) is 10.0 Å². The van der Waals surface area contributed by atoms with E-state index in [-0.39, 0.29) is 5.91 Å². The normalized spacial score (nSPS) is 14.1. The monoisotopic (exact) mass is 350 g/mol. The number of hydrogen-bond donors (Lipinski definition) is 1. The van der Waals surface area contributed by atoms with Gasteiger partial charge in [0.15, 0.2) is 0 Å². The number of amides is 1. The Morgan fingerprint density at radius 2 is 2.09 bits per heavy atom. The molecule has 1 aromatic carbocycles. The molecule has 122 valence electrons. The quantitative estimate of drug-likeness (QED) is 0.921. The van der Waals surface area contributed by atoms with Crippen LogP contribution in [-0.4, -0.2) is 26.1 Å². The highest BCUT2D eigenvalue weighted by molar-refractivity contribution is 7.93. The van der Waals surface area contributed by atoms with Crippen molar-refractivity contribution >= 4 is 38.6 Å². The zero-order chi connectivity index (χ0) is 16.6. The summed E-state index contributed by atoms with van der Waals surface area (Å²) in [4.78, 5) is 15.0. The Hall–Kier alpha value is -1.86. The third-order valence-electron chi connectivity index (χ3n) is 3.83. The van der Waals surface area contributed by atoms with E-state index < -0.39 is 15.3 Å². The number of benzene rings is 1. The molecule has 0 bridgehead atoms. The summed E-state index contributed by atoms with van der Waals surface area (Å²) < 4.78 is 26.5. The molecule has 0 aliphatic carbocycles. The van der Waals surface area contributed by atoms with E-state index in [9.17, 15) is 13.2 Å². The Balaban J connectivity index is 1.85. The van der Waals surface area contributed by atoms with Crippen LogP contribution in [0.25, 0.3) is 0 Å². The molecule has 1 aliphatic rings. The Bertz CT molecular complexity index is 827. The molecule has 0 unspecified atom stereocenters. The Kier molecular flexibility index (Phi) is 4.16. The van der Waals surface area contributed by atoms with Crippen LogP contribution >= 0.6 is 11.3 Å². The van der Waals surface area contributed by atoms with Gasteiger partial charge in [0.25, 0.3) is 5.91 Å². The predicted octanol–water partition coefficient (Wildman–Crippen LogP) is 3.10. The van der Waals surface area contributed by atoms with Crippen molar-refractivity contribution in [1.29, 1.82) is 0 Å². The van der Waals surface area contributed by atoms with E-state index in [1.807, 2.05) is 29.6 Å². The highest BCUT2D eigenvalue weighted by Crippen LogP contribution is 2.32. The minimum atomic E-state index is -3.36. The van der Waals surface area contributed by atoms with Crippen molar-refractivity contribution in [2.75, 3.05) is 16.2 Å². The second kappa shape index (κ2) is 5.98. The van der Waals surface area contributed by atoms with Crippen LogP contribution in [0.5, 0.6) is 0 Å². The van der Waals surface area contributed by atoms with Gasteiger partial charge < -0.3 is 4.90 Å². The third-order valence-corrected chi connectivity index (χ3v) is 6.45. The first-order valence-corrected chi connectivity index (χ1v) is 9.81. The molecular weight excluding hydrogens is 332 g/mol. The highest BCUT2D eigenvalue weighted by atomic mass is 32.2. The largest absolute Gasteiger partial charge is 0.307 e. The first-order chi connectivity index (χ1) is 10.9. The molecule has 5 nitrogen and oxygen atoms in total. The standard InChI is InChI=1S/C16H18N2O3S2/c1-11(2)23(20,21)17-13-5-6-14-12(10-13)7-8-18(14)16(19)15-4-3-9-22-15/h3-6,9-11,17H,7-8H2,1-2H3. The highest BCUT2D eigenvalue weighted by Gasteiger charge is 2.26. The van der Waals surface area contributed by atoms with E-state index >= 15 is 0 Å². The van der Waals surface area contributed by atoms with Crippen LogP contribution in [0.1, 0.15) is 29.1 Å². The van der Waals surface area contributed by atoms with Crippen LogP contribution in [0, 0.1) is 0 Å². The van der Waals surface area contributed by atoms with Crippen LogP contribution in [0.4, 0.5) is 11.4 Å². The van der Waals surface area contributed by atoms with E-state index in [4.69, 9.17) is 0 Å². The fraction of sp³-hybridized carbons (Fsp3) is 0.312. The van der Waals surface area contributed by atoms with E-state index in [1.54, 1.807) is 24.8 Å². The number of hydrogen-bond acceptors (Lipinski definition) is 4. The molecule has 1 N–H and O–H groups in total. The maximum absolute atomic E-state index is 12.5. The number of sulfonamides is 1. The maximum Gasteiger partial charge on any atom is 0.268 e. The number of fused-ring (bicyclic) bond motifs is 1. The molecule has 0 atom stereocenters. The first-order valence-electron chi connectivity index (χ1n) is 7.38. The molecule has 7 heteroatoms. The molecule has 1 aromatic heterocycles. The van der Waals surface area contributed by atoms with E-state index in [0.717, 1.165) is 17.7 Å². The van der Waals surface area contributed by atoms with Crippen molar-refractivity contribution in [2.24, 2.45) is 0 Å². The zero-order valence-corrected chi connectivity index (χ0v) is 14.6. The second-order valence-electron chi connectivity index (χ2n) is 5.72. The molecule has 1 aliphatic heterocycles. The summed E-state index contributed by atoms with van der Waals surface area (Å²) in [6.45, 7) is 3.89. The van der Waals surface area contributed by atoms with Crippen LogP contribution < -0.4 is 9.62 Å². The Labute approximate surface area is 140 Å². The smallest absolute Gasteiger partial charge is 0.268 e. The Morgan fingerprint density at radius 3 is 2.74 bits per heavy atom. The molecule has 2 aromatic rings. The summed E-state index contributed by atoms with van der Waals surface area (Å²) in [5.41, 5.74) is 2.39. The summed E-state index contributed by atoms with van der Waals surface area (Å²) >= 11 is 1.42. The summed E-state index contributed by atoms with van der Waals surface area (Å²) in [6.07, 6.45) is 0.726.